The molecule has 2 aromatic rings. The lowest BCUT2D eigenvalue weighted by molar-refractivity contribution is 0.122. The number of fused-ring (bicyclic) bond motifs is 1. The summed E-state index contributed by atoms with van der Waals surface area (Å²) in [4.78, 5) is 0. The topological polar surface area (TPSA) is 9.23 Å². The Kier molecular flexibility index (Phi) is 5.46. The smallest absolute Gasteiger partial charge is 0.127 e. The summed E-state index contributed by atoms with van der Waals surface area (Å²) in [6, 6.07) is 11.6. The minimum absolute atomic E-state index is 0.149. The zero-order valence-corrected chi connectivity index (χ0v) is 17.5. The van der Waals surface area contributed by atoms with E-state index < -0.39 is 0 Å². The quantitative estimate of drug-likeness (QED) is 0.570. The van der Waals surface area contributed by atoms with Gasteiger partial charge in [-0.15, -0.1) is 0 Å². The van der Waals surface area contributed by atoms with Crippen LogP contribution < -0.4 is 4.74 Å². The van der Waals surface area contributed by atoms with Crippen LogP contribution in [0, 0.1) is 12.8 Å². The van der Waals surface area contributed by atoms with Gasteiger partial charge in [0, 0.05) is 5.92 Å². The molecule has 1 nitrogen and oxygen atoms in total. The van der Waals surface area contributed by atoms with Gasteiger partial charge in [-0.25, -0.2) is 0 Å². The van der Waals surface area contributed by atoms with Crippen LogP contribution in [-0.4, -0.2) is 0 Å². The van der Waals surface area contributed by atoms with Gasteiger partial charge in [-0.1, -0.05) is 65.8 Å². The second-order valence-electron chi connectivity index (χ2n) is 8.66. The third-order valence-electron chi connectivity index (χ3n) is 5.93. The molecule has 0 saturated heterocycles. The maximum atomic E-state index is 6.65. The van der Waals surface area contributed by atoms with Crippen LogP contribution in [0.25, 0.3) is 0 Å². The van der Waals surface area contributed by atoms with Gasteiger partial charge in [-0.05, 0) is 71.0 Å². The fraction of sp³-hybridized carbons (Fsp3) is 0.520. The van der Waals surface area contributed by atoms with Crippen molar-refractivity contribution in [1.29, 1.82) is 0 Å². The van der Waals surface area contributed by atoms with Crippen molar-refractivity contribution in [2.75, 3.05) is 0 Å². The summed E-state index contributed by atoms with van der Waals surface area (Å²) in [5, 5.41) is 0. The Morgan fingerprint density at radius 2 is 1.77 bits per heavy atom. The molecule has 0 fully saturated rings. The average Bonchev–Trinajstić information content (AvgIpc) is 2.60. The molecule has 0 spiro atoms. The van der Waals surface area contributed by atoms with E-state index in [1.165, 1.54) is 33.4 Å². The van der Waals surface area contributed by atoms with Gasteiger partial charge in [0.1, 0.15) is 11.9 Å². The van der Waals surface area contributed by atoms with E-state index in [-0.39, 0.29) is 6.10 Å². The Morgan fingerprint density at radius 1 is 1.04 bits per heavy atom. The molecule has 26 heavy (non-hydrogen) atoms. The molecule has 2 aromatic carbocycles. The number of rotatable bonds is 4. The number of hydrogen-bond acceptors (Lipinski definition) is 1. The molecule has 1 heteroatoms. The molecule has 1 unspecified atom stereocenters. The van der Waals surface area contributed by atoms with Crippen LogP contribution in [0.3, 0.4) is 0 Å². The van der Waals surface area contributed by atoms with Gasteiger partial charge in [0.05, 0.1) is 0 Å². The minimum Gasteiger partial charge on any atom is -0.485 e. The molecule has 0 radical (unpaired) electrons. The summed E-state index contributed by atoms with van der Waals surface area (Å²) in [7, 11) is 0. The van der Waals surface area contributed by atoms with Crippen LogP contribution in [0.1, 0.15) is 92.9 Å². The largest absolute Gasteiger partial charge is 0.485 e. The first kappa shape index (κ1) is 19.0. The van der Waals surface area contributed by atoms with E-state index in [0.29, 0.717) is 17.8 Å². The standard InChI is InChI=1S/C25H34O/c1-8-19-12-20(10-9-17(19)6)25-18(7)11-23-22(16(4)5)13-21(15(2)3)14-24(23)26-25/h9-10,12-16,18,25H,8,11H2,1-7H3/t18?,25-/m0/s1. The van der Waals surface area contributed by atoms with Crippen molar-refractivity contribution >= 4 is 0 Å². The molecule has 0 saturated carbocycles. The van der Waals surface area contributed by atoms with Crippen molar-refractivity contribution in [3.05, 3.63) is 63.7 Å². The number of ether oxygens (including phenoxy) is 1. The molecule has 3 rings (SSSR count). The van der Waals surface area contributed by atoms with Crippen molar-refractivity contribution in [2.24, 2.45) is 5.92 Å². The Labute approximate surface area is 159 Å². The van der Waals surface area contributed by atoms with Crippen molar-refractivity contribution in [3.63, 3.8) is 0 Å². The van der Waals surface area contributed by atoms with Crippen LogP contribution in [0.15, 0.2) is 30.3 Å². The SMILES string of the molecule is CCc1cc([C@H]2Oc3cc(C(C)C)cc(C(C)C)c3CC2C)ccc1C. The predicted molar refractivity (Wildman–Crippen MR) is 111 cm³/mol. The average molecular weight is 351 g/mol. The highest BCUT2D eigenvalue weighted by Crippen LogP contribution is 2.43. The molecule has 0 aromatic heterocycles. The predicted octanol–water partition coefficient (Wildman–Crippen LogP) is 7.12. The van der Waals surface area contributed by atoms with E-state index in [1.807, 2.05) is 0 Å². The van der Waals surface area contributed by atoms with Gasteiger partial charge < -0.3 is 4.74 Å². The monoisotopic (exact) mass is 350 g/mol. The van der Waals surface area contributed by atoms with Gasteiger partial charge in [0.2, 0.25) is 0 Å². The summed E-state index contributed by atoms with van der Waals surface area (Å²) < 4.78 is 6.65. The van der Waals surface area contributed by atoms with E-state index >= 15 is 0 Å². The summed E-state index contributed by atoms with van der Waals surface area (Å²) in [6.45, 7) is 15.9. The van der Waals surface area contributed by atoms with Gasteiger partial charge in [0.15, 0.2) is 0 Å². The van der Waals surface area contributed by atoms with Crippen molar-refractivity contribution in [2.45, 2.75) is 79.2 Å². The van der Waals surface area contributed by atoms with Crippen molar-refractivity contribution < 1.29 is 4.74 Å². The van der Waals surface area contributed by atoms with Gasteiger partial charge in [-0.3, -0.25) is 0 Å². The number of benzene rings is 2. The maximum Gasteiger partial charge on any atom is 0.127 e. The molecule has 0 bridgehead atoms. The second-order valence-corrected chi connectivity index (χ2v) is 8.66. The minimum atomic E-state index is 0.149. The van der Waals surface area contributed by atoms with Crippen molar-refractivity contribution in [3.8, 4) is 5.75 Å². The zero-order valence-electron chi connectivity index (χ0n) is 17.5. The fourth-order valence-corrected chi connectivity index (χ4v) is 4.19. The van der Waals surface area contributed by atoms with E-state index in [1.54, 1.807) is 0 Å². The van der Waals surface area contributed by atoms with Gasteiger partial charge in [-0.2, -0.15) is 0 Å². The van der Waals surface area contributed by atoms with Crippen LogP contribution in [0.2, 0.25) is 0 Å². The first-order valence-corrected chi connectivity index (χ1v) is 10.2. The van der Waals surface area contributed by atoms with E-state index in [0.717, 1.165) is 18.6 Å². The van der Waals surface area contributed by atoms with E-state index in [9.17, 15) is 0 Å². The summed E-state index contributed by atoms with van der Waals surface area (Å²) >= 11 is 0. The lowest BCUT2D eigenvalue weighted by atomic mass is 9.82. The zero-order chi connectivity index (χ0) is 19.0. The lowest BCUT2D eigenvalue weighted by Crippen LogP contribution is -2.25. The first-order valence-electron chi connectivity index (χ1n) is 10.2. The Balaban J connectivity index is 2.04. The normalized spacial score (nSPS) is 19.6. The first-order chi connectivity index (χ1) is 12.3. The fourth-order valence-electron chi connectivity index (χ4n) is 4.19. The van der Waals surface area contributed by atoms with Gasteiger partial charge >= 0.3 is 0 Å². The third kappa shape index (κ3) is 3.54. The molecule has 0 N–H and O–H groups in total. The lowest BCUT2D eigenvalue weighted by Gasteiger charge is -2.35. The number of aryl methyl sites for hydroxylation is 2. The molecule has 1 aliphatic heterocycles. The Morgan fingerprint density at radius 3 is 2.38 bits per heavy atom. The number of hydrogen-bond donors (Lipinski definition) is 0. The highest BCUT2D eigenvalue weighted by Gasteiger charge is 2.31. The summed E-state index contributed by atoms with van der Waals surface area (Å²) in [5.41, 5.74) is 8.42. The molecule has 1 heterocycles. The summed E-state index contributed by atoms with van der Waals surface area (Å²) in [5.74, 6) is 2.64. The molecule has 140 valence electrons. The Hall–Kier alpha value is -1.76. The molecule has 0 amide bonds. The highest BCUT2D eigenvalue weighted by molar-refractivity contribution is 5.48. The molecule has 2 atom stereocenters. The van der Waals surface area contributed by atoms with Crippen molar-refractivity contribution in [1.82, 2.24) is 0 Å². The molecular formula is C25H34O. The van der Waals surface area contributed by atoms with E-state index in [2.05, 4.69) is 78.8 Å². The van der Waals surface area contributed by atoms with E-state index in [4.69, 9.17) is 4.74 Å². The highest BCUT2D eigenvalue weighted by atomic mass is 16.5. The molecule has 1 aliphatic rings. The maximum absolute atomic E-state index is 6.65. The summed E-state index contributed by atoms with van der Waals surface area (Å²) in [6.07, 6.45) is 2.32. The van der Waals surface area contributed by atoms with Crippen LogP contribution in [-0.2, 0) is 12.8 Å². The van der Waals surface area contributed by atoms with Crippen LogP contribution >= 0.6 is 0 Å². The molecular weight excluding hydrogens is 316 g/mol. The third-order valence-corrected chi connectivity index (χ3v) is 5.93. The van der Waals surface area contributed by atoms with Crippen LogP contribution in [0.4, 0.5) is 0 Å². The van der Waals surface area contributed by atoms with Crippen LogP contribution in [0.5, 0.6) is 5.75 Å². The second kappa shape index (κ2) is 7.47. The van der Waals surface area contributed by atoms with Gasteiger partial charge in [0.25, 0.3) is 0 Å². The molecule has 0 aliphatic carbocycles. The Bertz CT molecular complexity index is 785.